The number of benzene rings is 2. The second-order valence-electron chi connectivity index (χ2n) is 7.16. The average molecular weight is 427 g/mol. The Balaban J connectivity index is 1.57. The SMILES string of the molecule is Cc1ccccc1CCNC(=O)COC(=O)c1cc(N2CCOCC2)ccc1[N+](=O)[O-]. The van der Waals surface area contributed by atoms with Crippen LogP contribution in [0.1, 0.15) is 21.5 Å². The van der Waals surface area contributed by atoms with Gasteiger partial charge in [0.1, 0.15) is 5.56 Å². The number of carbonyl (C=O) groups excluding carboxylic acids is 2. The van der Waals surface area contributed by atoms with Gasteiger partial charge in [-0.1, -0.05) is 24.3 Å². The molecule has 1 aliphatic rings. The van der Waals surface area contributed by atoms with Crippen LogP contribution in [-0.2, 0) is 20.7 Å². The second-order valence-corrected chi connectivity index (χ2v) is 7.16. The molecular weight excluding hydrogens is 402 g/mol. The van der Waals surface area contributed by atoms with E-state index < -0.39 is 23.4 Å². The molecule has 0 aliphatic carbocycles. The molecule has 31 heavy (non-hydrogen) atoms. The van der Waals surface area contributed by atoms with E-state index in [1.165, 1.54) is 12.1 Å². The minimum absolute atomic E-state index is 0.179. The highest BCUT2D eigenvalue weighted by Gasteiger charge is 2.24. The summed E-state index contributed by atoms with van der Waals surface area (Å²) in [6.07, 6.45) is 0.652. The minimum Gasteiger partial charge on any atom is -0.452 e. The number of ether oxygens (including phenoxy) is 2. The Morgan fingerprint density at radius 2 is 1.94 bits per heavy atom. The third-order valence-corrected chi connectivity index (χ3v) is 5.09. The number of carbonyl (C=O) groups is 2. The summed E-state index contributed by atoms with van der Waals surface area (Å²) in [7, 11) is 0. The van der Waals surface area contributed by atoms with Gasteiger partial charge in [-0.05, 0) is 36.6 Å². The number of nitro benzene ring substituents is 1. The molecule has 0 atom stereocenters. The summed E-state index contributed by atoms with van der Waals surface area (Å²) in [5, 5.41) is 14.0. The molecule has 0 aromatic heterocycles. The predicted octanol–water partition coefficient (Wildman–Crippen LogP) is 2.26. The minimum atomic E-state index is -0.907. The van der Waals surface area contributed by atoms with Crippen molar-refractivity contribution in [1.29, 1.82) is 0 Å². The number of morpholine rings is 1. The first-order valence-electron chi connectivity index (χ1n) is 10.0. The molecule has 0 radical (unpaired) electrons. The molecule has 0 unspecified atom stereocenters. The highest BCUT2D eigenvalue weighted by atomic mass is 16.6. The first-order chi connectivity index (χ1) is 15.0. The molecule has 1 saturated heterocycles. The fourth-order valence-corrected chi connectivity index (χ4v) is 3.35. The fourth-order valence-electron chi connectivity index (χ4n) is 3.35. The van der Waals surface area contributed by atoms with Crippen molar-refractivity contribution in [1.82, 2.24) is 5.32 Å². The van der Waals surface area contributed by atoms with Crippen molar-refractivity contribution in [3.8, 4) is 0 Å². The quantitative estimate of drug-likeness (QED) is 0.391. The summed E-state index contributed by atoms with van der Waals surface area (Å²) in [4.78, 5) is 37.2. The summed E-state index contributed by atoms with van der Waals surface area (Å²) in [5.74, 6) is -1.37. The van der Waals surface area contributed by atoms with Gasteiger partial charge in [-0.15, -0.1) is 0 Å². The number of anilines is 1. The van der Waals surface area contributed by atoms with Crippen molar-refractivity contribution in [3.63, 3.8) is 0 Å². The van der Waals surface area contributed by atoms with Gasteiger partial charge in [0, 0.05) is 31.4 Å². The summed E-state index contributed by atoms with van der Waals surface area (Å²) in [6.45, 7) is 4.21. The van der Waals surface area contributed by atoms with Gasteiger partial charge in [0.25, 0.3) is 11.6 Å². The lowest BCUT2D eigenvalue weighted by molar-refractivity contribution is -0.385. The fraction of sp³-hybridized carbons (Fsp3) is 0.364. The molecular formula is C22H25N3O6. The van der Waals surface area contributed by atoms with Crippen LogP contribution in [0.3, 0.4) is 0 Å². The number of esters is 1. The van der Waals surface area contributed by atoms with Crippen LogP contribution in [0.5, 0.6) is 0 Å². The van der Waals surface area contributed by atoms with Crippen LogP contribution in [0, 0.1) is 17.0 Å². The summed E-state index contributed by atoms with van der Waals surface area (Å²) in [6, 6.07) is 12.2. The van der Waals surface area contributed by atoms with Gasteiger partial charge in [0.15, 0.2) is 6.61 Å². The van der Waals surface area contributed by atoms with Gasteiger partial charge in [-0.25, -0.2) is 4.79 Å². The topological polar surface area (TPSA) is 111 Å². The normalized spacial score (nSPS) is 13.5. The molecule has 9 nitrogen and oxygen atoms in total. The second kappa shape index (κ2) is 10.5. The molecule has 0 saturated carbocycles. The lowest BCUT2D eigenvalue weighted by Crippen LogP contribution is -2.36. The zero-order valence-electron chi connectivity index (χ0n) is 17.3. The molecule has 1 amide bonds. The number of rotatable bonds is 8. The summed E-state index contributed by atoms with van der Waals surface area (Å²) >= 11 is 0. The zero-order valence-corrected chi connectivity index (χ0v) is 17.3. The number of nitrogens with zero attached hydrogens (tertiary/aromatic N) is 2. The maximum Gasteiger partial charge on any atom is 0.345 e. The number of nitrogens with one attached hydrogen (secondary N) is 1. The molecule has 1 heterocycles. The van der Waals surface area contributed by atoms with Crippen molar-refractivity contribution in [2.75, 3.05) is 44.4 Å². The van der Waals surface area contributed by atoms with E-state index in [0.29, 0.717) is 45.0 Å². The maximum absolute atomic E-state index is 12.5. The Morgan fingerprint density at radius 3 is 2.65 bits per heavy atom. The molecule has 164 valence electrons. The van der Waals surface area contributed by atoms with Gasteiger partial charge < -0.3 is 19.7 Å². The molecule has 1 aliphatic heterocycles. The van der Waals surface area contributed by atoms with Crippen LogP contribution < -0.4 is 10.2 Å². The van der Waals surface area contributed by atoms with E-state index in [2.05, 4.69) is 5.32 Å². The summed E-state index contributed by atoms with van der Waals surface area (Å²) in [5.41, 5.74) is 2.39. The average Bonchev–Trinajstić information content (AvgIpc) is 2.79. The molecule has 1 fully saturated rings. The van der Waals surface area contributed by atoms with Crippen molar-refractivity contribution >= 4 is 23.3 Å². The Labute approximate surface area is 180 Å². The van der Waals surface area contributed by atoms with Gasteiger partial charge >= 0.3 is 5.97 Å². The molecule has 3 rings (SSSR count). The summed E-state index contributed by atoms with van der Waals surface area (Å²) < 4.78 is 10.4. The number of aryl methyl sites for hydroxylation is 1. The predicted molar refractivity (Wildman–Crippen MR) is 114 cm³/mol. The molecule has 9 heteroatoms. The van der Waals surface area contributed by atoms with Gasteiger partial charge in [-0.3, -0.25) is 14.9 Å². The molecule has 2 aromatic rings. The van der Waals surface area contributed by atoms with E-state index in [1.54, 1.807) is 6.07 Å². The van der Waals surface area contributed by atoms with Crippen molar-refractivity contribution in [2.24, 2.45) is 0 Å². The Morgan fingerprint density at radius 1 is 1.19 bits per heavy atom. The van der Waals surface area contributed by atoms with E-state index in [1.807, 2.05) is 36.1 Å². The number of hydrogen-bond acceptors (Lipinski definition) is 7. The van der Waals surface area contributed by atoms with Crippen molar-refractivity contribution in [3.05, 3.63) is 69.3 Å². The first kappa shape index (κ1) is 22.2. The monoisotopic (exact) mass is 427 g/mol. The standard InChI is InChI=1S/C22H25N3O6/c1-16-4-2-3-5-17(16)8-9-23-21(26)15-31-22(27)19-14-18(6-7-20(19)25(28)29)24-10-12-30-13-11-24/h2-7,14H,8-13,15H2,1H3,(H,23,26). The molecule has 0 spiro atoms. The molecule has 0 bridgehead atoms. The van der Waals surface area contributed by atoms with Crippen molar-refractivity contribution < 1.29 is 24.0 Å². The number of hydrogen-bond donors (Lipinski definition) is 1. The lowest BCUT2D eigenvalue weighted by Gasteiger charge is -2.29. The Kier molecular flexibility index (Phi) is 7.55. The maximum atomic E-state index is 12.5. The molecule has 2 aromatic carbocycles. The largest absolute Gasteiger partial charge is 0.452 e. The van der Waals surface area contributed by atoms with Crippen LogP contribution in [0.15, 0.2) is 42.5 Å². The van der Waals surface area contributed by atoms with E-state index in [4.69, 9.17) is 9.47 Å². The van der Waals surface area contributed by atoms with Crippen LogP contribution >= 0.6 is 0 Å². The Hall–Kier alpha value is -3.46. The van der Waals surface area contributed by atoms with E-state index in [0.717, 1.165) is 11.1 Å². The van der Waals surface area contributed by atoms with E-state index in [9.17, 15) is 19.7 Å². The van der Waals surface area contributed by atoms with E-state index in [-0.39, 0.29) is 11.3 Å². The third kappa shape index (κ3) is 6.02. The van der Waals surface area contributed by atoms with E-state index >= 15 is 0 Å². The van der Waals surface area contributed by atoms with Gasteiger partial charge in [0.2, 0.25) is 0 Å². The van der Waals surface area contributed by atoms with Crippen LogP contribution in [0.4, 0.5) is 11.4 Å². The van der Waals surface area contributed by atoms with Crippen LogP contribution in [0.25, 0.3) is 0 Å². The Bertz CT molecular complexity index is 956. The van der Waals surface area contributed by atoms with Gasteiger partial charge in [0.05, 0.1) is 18.1 Å². The first-order valence-corrected chi connectivity index (χ1v) is 10.0. The third-order valence-electron chi connectivity index (χ3n) is 5.09. The zero-order chi connectivity index (χ0) is 22.2. The number of amides is 1. The highest BCUT2D eigenvalue weighted by Crippen LogP contribution is 2.26. The lowest BCUT2D eigenvalue weighted by atomic mass is 10.1. The smallest absolute Gasteiger partial charge is 0.345 e. The van der Waals surface area contributed by atoms with Gasteiger partial charge in [-0.2, -0.15) is 0 Å². The van der Waals surface area contributed by atoms with Crippen molar-refractivity contribution in [2.45, 2.75) is 13.3 Å². The molecule has 1 N–H and O–H groups in total. The highest BCUT2D eigenvalue weighted by molar-refractivity contribution is 5.96. The van der Waals surface area contributed by atoms with Crippen LogP contribution in [-0.4, -0.2) is 56.3 Å². The number of nitro groups is 1. The van der Waals surface area contributed by atoms with Crippen LogP contribution in [0.2, 0.25) is 0 Å².